The summed E-state index contributed by atoms with van der Waals surface area (Å²) in [6.07, 6.45) is 6.65. The van der Waals surface area contributed by atoms with Crippen LogP contribution in [0.15, 0.2) is 11.4 Å². The summed E-state index contributed by atoms with van der Waals surface area (Å²) in [5, 5.41) is 4.80. The molecule has 1 saturated heterocycles. The fourth-order valence-electron chi connectivity index (χ4n) is 3.48. The van der Waals surface area contributed by atoms with E-state index in [0.717, 1.165) is 28.1 Å². The summed E-state index contributed by atoms with van der Waals surface area (Å²) in [6.45, 7) is 0. The van der Waals surface area contributed by atoms with E-state index >= 15 is 0 Å². The molecule has 0 unspecified atom stereocenters. The molecule has 9 heteroatoms. The second kappa shape index (κ2) is 6.85. The summed E-state index contributed by atoms with van der Waals surface area (Å²) < 4.78 is 23.0. The molecule has 1 atom stereocenters. The van der Waals surface area contributed by atoms with Crippen molar-refractivity contribution in [1.82, 2.24) is 15.3 Å². The van der Waals surface area contributed by atoms with E-state index in [4.69, 9.17) is 0 Å². The number of nitrogens with zero attached hydrogens (tertiary/aromatic N) is 2. The lowest BCUT2D eigenvalue weighted by Crippen LogP contribution is -2.36. The first-order chi connectivity index (χ1) is 12.0. The molecular formula is C16H19N3O3S3. The summed E-state index contributed by atoms with van der Waals surface area (Å²) in [4.78, 5) is 23.4. The predicted molar refractivity (Wildman–Crippen MR) is 100.0 cm³/mol. The first-order valence-electron chi connectivity index (χ1n) is 8.40. The molecule has 1 amide bonds. The van der Waals surface area contributed by atoms with Gasteiger partial charge in [0, 0.05) is 16.3 Å². The van der Waals surface area contributed by atoms with E-state index < -0.39 is 9.84 Å². The zero-order chi connectivity index (χ0) is 17.4. The van der Waals surface area contributed by atoms with Crippen LogP contribution in [-0.2, 0) is 27.5 Å². The van der Waals surface area contributed by atoms with Crippen LogP contribution in [0.3, 0.4) is 0 Å². The fraction of sp³-hybridized carbons (Fsp3) is 0.562. The Bertz CT molecular complexity index is 923. The van der Waals surface area contributed by atoms with Crippen LogP contribution in [-0.4, -0.2) is 47.6 Å². The Morgan fingerprint density at radius 3 is 2.96 bits per heavy atom. The number of aromatic nitrogens is 2. The minimum atomic E-state index is -2.98. The van der Waals surface area contributed by atoms with Crippen molar-refractivity contribution in [2.45, 2.75) is 43.2 Å². The molecule has 0 aromatic carbocycles. The standard InChI is InChI=1S/C16H19N3O3S3/c20-13(19-10-5-6-25(21,22)8-10)7-23-15-14-11-3-1-2-4-12(11)24-16(14)18-9-17-15/h9-10H,1-8H2,(H,19,20)/t10-/m0/s1. The third kappa shape index (κ3) is 3.68. The highest BCUT2D eigenvalue weighted by Gasteiger charge is 2.29. The van der Waals surface area contributed by atoms with E-state index in [2.05, 4.69) is 15.3 Å². The second-order valence-corrected chi connectivity index (χ2v) is 10.8. The third-order valence-electron chi connectivity index (χ3n) is 4.65. The van der Waals surface area contributed by atoms with E-state index in [1.54, 1.807) is 17.7 Å². The smallest absolute Gasteiger partial charge is 0.230 e. The van der Waals surface area contributed by atoms with E-state index in [9.17, 15) is 13.2 Å². The Morgan fingerprint density at radius 1 is 1.32 bits per heavy atom. The minimum Gasteiger partial charge on any atom is -0.352 e. The lowest BCUT2D eigenvalue weighted by Gasteiger charge is -2.12. The highest BCUT2D eigenvalue weighted by Crippen LogP contribution is 2.39. The largest absolute Gasteiger partial charge is 0.352 e. The van der Waals surface area contributed by atoms with Crippen molar-refractivity contribution in [3.05, 3.63) is 16.8 Å². The van der Waals surface area contributed by atoms with Gasteiger partial charge in [0.2, 0.25) is 5.91 Å². The first-order valence-corrected chi connectivity index (χ1v) is 12.0. The first kappa shape index (κ1) is 17.2. The van der Waals surface area contributed by atoms with E-state index in [1.807, 2.05) is 0 Å². The normalized spacial score (nSPS) is 22.0. The molecule has 0 radical (unpaired) electrons. The van der Waals surface area contributed by atoms with Crippen molar-refractivity contribution >= 4 is 49.1 Å². The van der Waals surface area contributed by atoms with Crippen LogP contribution in [0.25, 0.3) is 10.2 Å². The van der Waals surface area contributed by atoms with Crippen LogP contribution in [0.4, 0.5) is 0 Å². The van der Waals surface area contributed by atoms with Gasteiger partial charge in [0.05, 0.1) is 17.3 Å². The molecule has 1 aliphatic carbocycles. The Morgan fingerprint density at radius 2 is 2.16 bits per heavy atom. The SMILES string of the molecule is O=C(CSc1ncnc2sc3c(c12)CCCC3)N[C@H]1CCS(=O)(=O)C1. The van der Waals surface area contributed by atoms with Gasteiger partial charge in [-0.2, -0.15) is 0 Å². The molecule has 0 bridgehead atoms. The van der Waals surface area contributed by atoms with Gasteiger partial charge in [-0.3, -0.25) is 4.79 Å². The zero-order valence-corrected chi connectivity index (χ0v) is 16.1. The summed E-state index contributed by atoms with van der Waals surface area (Å²) in [7, 11) is -2.98. The number of hydrogen-bond donors (Lipinski definition) is 1. The van der Waals surface area contributed by atoms with Crippen molar-refractivity contribution in [1.29, 1.82) is 0 Å². The number of amides is 1. The highest BCUT2D eigenvalue weighted by molar-refractivity contribution is 8.00. The van der Waals surface area contributed by atoms with Crippen molar-refractivity contribution < 1.29 is 13.2 Å². The number of aryl methyl sites for hydroxylation is 2. The van der Waals surface area contributed by atoms with Gasteiger partial charge in [-0.15, -0.1) is 11.3 Å². The summed E-state index contributed by atoms with van der Waals surface area (Å²) in [6, 6.07) is -0.252. The second-order valence-electron chi connectivity index (χ2n) is 6.53. The summed E-state index contributed by atoms with van der Waals surface area (Å²) in [5.74, 6) is 0.327. The average Bonchev–Trinajstić information content (AvgIpc) is 3.12. The number of nitrogens with one attached hydrogen (secondary N) is 1. The molecule has 1 fully saturated rings. The maximum atomic E-state index is 12.2. The van der Waals surface area contributed by atoms with Crippen LogP contribution in [0.5, 0.6) is 0 Å². The Hall–Kier alpha value is -1.19. The molecule has 1 N–H and O–H groups in total. The van der Waals surface area contributed by atoms with Crippen LogP contribution in [0.1, 0.15) is 29.7 Å². The number of carbonyl (C=O) groups is 1. The Balaban J connectivity index is 1.46. The van der Waals surface area contributed by atoms with Gasteiger partial charge >= 0.3 is 0 Å². The van der Waals surface area contributed by atoms with Gasteiger partial charge in [0.25, 0.3) is 0 Å². The van der Waals surface area contributed by atoms with Gasteiger partial charge in [-0.25, -0.2) is 18.4 Å². The number of thiophene rings is 1. The number of carbonyl (C=O) groups excluding carboxylic acids is 1. The molecule has 3 heterocycles. The number of sulfone groups is 1. The maximum absolute atomic E-state index is 12.2. The molecule has 1 aliphatic heterocycles. The zero-order valence-electron chi connectivity index (χ0n) is 13.7. The fourth-order valence-corrected chi connectivity index (χ4v) is 7.29. The number of fused-ring (bicyclic) bond motifs is 3. The van der Waals surface area contributed by atoms with Gasteiger partial charge < -0.3 is 5.32 Å². The monoisotopic (exact) mass is 397 g/mol. The molecule has 6 nitrogen and oxygen atoms in total. The topological polar surface area (TPSA) is 89.0 Å². The van der Waals surface area contributed by atoms with Crippen molar-refractivity contribution in [3.63, 3.8) is 0 Å². The summed E-state index contributed by atoms with van der Waals surface area (Å²) >= 11 is 3.16. The lowest BCUT2D eigenvalue weighted by atomic mass is 9.97. The highest BCUT2D eigenvalue weighted by atomic mass is 32.2. The molecular weight excluding hydrogens is 378 g/mol. The van der Waals surface area contributed by atoms with Crippen LogP contribution in [0, 0.1) is 0 Å². The quantitative estimate of drug-likeness (QED) is 0.627. The van der Waals surface area contributed by atoms with Gasteiger partial charge in [0.15, 0.2) is 9.84 Å². The molecule has 2 aromatic rings. The molecule has 0 saturated carbocycles. The number of rotatable bonds is 4. The minimum absolute atomic E-state index is 0.0548. The van der Waals surface area contributed by atoms with Crippen LogP contribution >= 0.6 is 23.1 Å². The van der Waals surface area contributed by atoms with Gasteiger partial charge in [-0.05, 0) is 37.7 Å². The molecule has 2 aliphatic rings. The van der Waals surface area contributed by atoms with E-state index in [-0.39, 0.29) is 29.2 Å². The average molecular weight is 398 g/mol. The van der Waals surface area contributed by atoms with E-state index in [0.29, 0.717) is 6.42 Å². The van der Waals surface area contributed by atoms with Gasteiger partial charge in [0.1, 0.15) is 16.2 Å². The molecule has 0 spiro atoms. The molecule has 134 valence electrons. The molecule has 25 heavy (non-hydrogen) atoms. The molecule has 4 rings (SSSR count). The van der Waals surface area contributed by atoms with Crippen molar-refractivity contribution in [3.8, 4) is 0 Å². The van der Waals surface area contributed by atoms with Crippen LogP contribution in [0.2, 0.25) is 0 Å². The Labute approximate surface area is 154 Å². The van der Waals surface area contributed by atoms with Crippen LogP contribution < -0.4 is 5.32 Å². The maximum Gasteiger partial charge on any atom is 0.230 e. The van der Waals surface area contributed by atoms with Crippen molar-refractivity contribution in [2.75, 3.05) is 17.3 Å². The van der Waals surface area contributed by atoms with E-state index in [1.165, 1.54) is 35.0 Å². The lowest BCUT2D eigenvalue weighted by molar-refractivity contribution is -0.119. The number of hydrogen-bond acceptors (Lipinski definition) is 7. The third-order valence-corrected chi connectivity index (χ3v) is 8.61. The summed E-state index contributed by atoms with van der Waals surface area (Å²) in [5.41, 5.74) is 1.36. The Kier molecular flexibility index (Phi) is 4.72. The van der Waals surface area contributed by atoms with Gasteiger partial charge in [-0.1, -0.05) is 11.8 Å². The predicted octanol–water partition coefficient (Wildman–Crippen LogP) is 1.97. The molecule has 2 aromatic heterocycles. The number of thioether (sulfide) groups is 1. The van der Waals surface area contributed by atoms with Crippen molar-refractivity contribution in [2.24, 2.45) is 0 Å².